The Morgan fingerprint density at radius 2 is 0.750 bits per heavy atom. The van der Waals surface area contributed by atoms with E-state index in [0.717, 1.165) is 0 Å². The van der Waals surface area contributed by atoms with Crippen molar-refractivity contribution < 1.29 is 127 Å². The molecule has 9 amide bonds. The molecule has 18 atom stereocenters. The lowest BCUT2D eigenvalue weighted by molar-refractivity contribution is -0.270. The van der Waals surface area contributed by atoms with Crippen molar-refractivity contribution in [2.75, 3.05) is 86.1 Å². The van der Waals surface area contributed by atoms with E-state index in [2.05, 4.69) is 47.9 Å². The van der Waals surface area contributed by atoms with Crippen molar-refractivity contribution in [2.45, 2.75) is 266 Å². The number of carbonyl (C=O) groups excluding carboxylic acids is 9. The fourth-order valence-corrected chi connectivity index (χ4v) is 11.6. The molecule has 0 spiro atoms. The van der Waals surface area contributed by atoms with Crippen molar-refractivity contribution in [1.29, 1.82) is 0 Å². The average Bonchev–Trinajstić information content (AvgIpc) is 0.824. The minimum Gasteiger partial charge on any atom is -0.396 e. The van der Waals surface area contributed by atoms with Crippen LogP contribution in [0, 0.1) is 5.92 Å². The summed E-state index contributed by atoms with van der Waals surface area (Å²) in [5.41, 5.74) is 0. The second kappa shape index (κ2) is 50.8. The van der Waals surface area contributed by atoms with Gasteiger partial charge in [0, 0.05) is 125 Å². The predicted octanol–water partition coefficient (Wildman–Crippen LogP) is -4.86. The van der Waals surface area contributed by atoms with E-state index in [0.29, 0.717) is 110 Å². The van der Waals surface area contributed by atoms with Crippen LogP contribution in [0.15, 0.2) is 0 Å². The van der Waals surface area contributed by atoms with Crippen LogP contribution in [-0.2, 0) is 76.3 Å². The molecule has 7 unspecified atom stereocenters. The van der Waals surface area contributed by atoms with E-state index >= 15 is 0 Å². The van der Waals surface area contributed by atoms with Crippen LogP contribution in [0.1, 0.15) is 162 Å². The van der Waals surface area contributed by atoms with Gasteiger partial charge in [-0.25, -0.2) is 0 Å². The summed E-state index contributed by atoms with van der Waals surface area (Å²) in [6.07, 6.45) is -8.02. The molecule has 100 heavy (non-hydrogen) atoms. The molecule has 35 heteroatoms. The third-order valence-corrected chi connectivity index (χ3v) is 17.2. The van der Waals surface area contributed by atoms with Crippen molar-refractivity contribution in [2.24, 2.45) is 5.92 Å². The third kappa shape index (κ3) is 34.7. The van der Waals surface area contributed by atoms with E-state index in [1.54, 1.807) is 7.11 Å². The van der Waals surface area contributed by atoms with Crippen molar-refractivity contribution in [3.8, 4) is 0 Å². The smallest absolute Gasteiger partial charge is 0.242 e. The highest BCUT2D eigenvalue weighted by Gasteiger charge is 2.48. The summed E-state index contributed by atoms with van der Waals surface area (Å²) in [5, 5.41) is 126. The number of amides is 9. The molecule has 0 radical (unpaired) electrons. The second-order valence-electron chi connectivity index (χ2n) is 25.6. The van der Waals surface area contributed by atoms with Gasteiger partial charge < -0.3 is 132 Å². The Morgan fingerprint density at radius 1 is 0.390 bits per heavy atom. The molecule has 0 aromatic heterocycles. The highest BCUT2D eigenvalue weighted by atomic mass is 16.7. The zero-order chi connectivity index (χ0) is 73.9. The van der Waals surface area contributed by atoms with Crippen LogP contribution in [0.2, 0.25) is 0 Å². The van der Waals surface area contributed by atoms with Gasteiger partial charge >= 0.3 is 0 Å². The Morgan fingerprint density at radius 3 is 1.13 bits per heavy atom. The quantitative estimate of drug-likeness (QED) is 0.0254. The van der Waals surface area contributed by atoms with Crippen molar-refractivity contribution in [1.82, 2.24) is 47.9 Å². The number of aliphatic hydroxyl groups is 10. The Balaban J connectivity index is 1.56. The number of unbranched alkanes of at least 4 members (excludes halogenated alkanes) is 6. The van der Waals surface area contributed by atoms with Crippen LogP contribution < -0.4 is 47.9 Å². The van der Waals surface area contributed by atoms with E-state index < -0.39 is 153 Å². The van der Waals surface area contributed by atoms with E-state index in [9.17, 15) is 94.2 Å². The molecule has 0 aromatic carbocycles. The van der Waals surface area contributed by atoms with Crippen LogP contribution in [-0.4, -0.2) is 294 Å². The standard InChI is InChI=1S/C65H117N9O26/c1-39(79)70-53-59(90)56(87)45(35-76)98-63(53)95-31-14-8-21-48(82)66-27-12-6-19-43(73-51(85)24-17-30-68-50(84)23-10-16-33-97-65-55(72-41(3)81)61(92)58(89)47(37-78)100-65)25-26-52(86)74-44(62(93)69-29-11-5-18-42(34-75)38-94-4)20-7-13-28-67-49(83)22-9-15-32-96-64-54(71-40(2)80)60(91)57(88)46(36-77)99-64/h42-47,53-61,63-65,75-78,87-92H,5-38H2,1-4H3,(H,66,82)(H,67,83)(H,68,84)(H,69,93)(H,70,79)(H,71,80)(H,72,81)(H,73,85)(H,74,86)/t42?,43-,44+,45?,46?,47?,53?,54?,55?,56-,57-,58-,59+,60+,61+,63+,64+,65+/m0/s1. The molecule has 0 aromatic rings. The zero-order valence-corrected chi connectivity index (χ0v) is 58.4. The molecule has 578 valence electrons. The van der Waals surface area contributed by atoms with Gasteiger partial charge in [0.25, 0.3) is 0 Å². The maximum Gasteiger partial charge on any atom is 0.242 e. The molecular weight excluding hydrogens is 1320 g/mol. The van der Waals surface area contributed by atoms with Crippen LogP contribution in [0.4, 0.5) is 0 Å². The Kier molecular flexibility index (Phi) is 45.1. The molecule has 19 N–H and O–H groups in total. The molecule has 3 heterocycles. The van der Waals surface area contributed by atoms with Crippen molar-refractivity contribution in [3.63, 3.8) is 0 Å². The van der Waals surface area contributed by atoms with Gasteiger partial charge in [0.15, 0.2) is 18.9 Å². The van der Waals surface area contributed by atoms with Crippen LogP contribution in [0.3, 0.4) is 0 Å². The second-order valence-corrected chi connectivity index (χ2v) is 25.6. The minimum atomic E-state index is -1.47. The molecule has 3 fully saturated rings. The van der Waals surface area contributed by atoms with Crippen LogP contribution in [0.25, 0.3) is 0 Å². The van der Waals surface area contributed by atoms with Gasteiger partial charge in [0.2, 0.25) is 53.2 Å². The first-order valence-electron chi connectivity index (χ1n) is 35.2. The fourth-order valence-electron chi connectivity index (χ4n) is 11.6. The van der Waals surface area contributed by atoms with Gasteiger partial charge in [0.1, 0.15) is 79.1 Å². The molecule has 35 nitrogen and oxygen atoms in total. The van der Waals surface area contributed by atoms with Gasteiger partial charge in [-0.2, -0.15) is 0 Å². The largest absolute Gasteiger partial charge is 0.396 e. The Hall–Kier alpha value is -5.45. The molecule has 0 bridgehead atoms. The molecule has 3 aliphatic rings. The summed E-state index contributed by atoms with van der Waals surface area (Å²) in [5.74, 6) is -3.50. The number of rotatable bonds is 52. The van der Waals surface area contributed by atoms with Crippen LogP contribution in [0.5, 0.6) is 0 Å². The number of ether oxygens (including phenoxy) is 7. The zero-order valence-electron chi connectivity index (χ0n) is 58.4. The maximum atomic E-state index is 13.8. The number of carbonyl (C=O) groups is 9. The number of aliphatic hydroxyl groups excluding tert-OH is 10. The van der Waals surface area contributed by atoms with Crippen LogP contribution >= 0.6 is 0 Å². The summed E-state index contributed by atoms with van der Waals surface area (Å²) in [6.45, 7) is 3.50. The molecule has 3 rings (SSSR count). The summed E-state index contributed by atoms with van der Waals surface area (Å²) in [6, 6.07) is -4.77. The molecular formula is C65H117N9O26. The lowest BCUT2D eigenvalue weighted by Crippen LogP contribution is -2.64. The summed E-state index contributed by atoms with van der Waals surface area (Å²) in [4.78, 5) is 115. The normalized spacial score (nSPS) is 26.0. The van der Waals surface area contributed by atoms with Crippen molar-refractivity contribution >= 4 is 53.2 Å². The third-order valence-electron chi connectivity index (χ3n) is 17.2. The molecule has 3 saturated heterocycles. The highest BCUT2D eigenvalue weighted by molar-refractivity contribution is 5.87. The molecule has 3 aliphatic heterocycles. The Bertz CT molecular complexity index is 2390. The first kappa shape index (κ1) is 88.8. The SMILES string of the molecule is COCC(CO)CCCCNC(=O)[C@@H](CCCCNC(=O)CCCCO[C@@H]1OC(CO)[C@H](O)[C@H](O)C1NC(C)=O)NC(=O)CC[C@H](CCCCNC(=O)CCCCO[C@@H]1OC(CO)[C@H](O)[C@H](O)C1NC(C)=O)NC(=O)CCCNC(=O)CCCCO[C@@H]1OC(CO)[C@H](O)[C@H](O)C1NC(C)=O. The monoisotopic (exact) mass is 1440 g/mol. The lowest BCUT2D eigenvalue weighted by Gasteiger charge is -2.42. The number of methoxy groups -OCH3 is 1. The Labute approximate surface area is 584 Å². The topological polar surface area (TPSA) is 529 Å². The van der Waals surface area contributed by atoms with Gasteiger partial charge in [-0.05, 0) is 103 Å². The number of hydrogen-bond donors (Lipinski definition) is 19. The van der Waals surface area contributed by atoms with E-state index in [-0.39, 0.29) is 120 Å². The van der Waals surface area contributed by atoms with Gasteiger partial charge in [0.05, 0.1) is 26.4 Å². The first-order chi connectivity index (χ1) is 47.9. The molecule has 0 aliphatic carbocycles. The molecule has 0 saturated carbocycles. The number of nitrogens with one attached hydrogen (secondary N) is 9. The number of hydrogen-bond acceptors (Lipinski definition) is 26. The lowest BCUT2D eigenvalue weighted by atomic mass is 9.97. The average molecular weight is 1440 g/mol. The highest BCUT2D eigenvalue weighted by Crippen LogP contribution is 2.26. The van der Waals surface area contributed by atoms with Gasteiger partial charge in [-0.1, -0.05) is 6.42 Å². The fraction of sp³-hybridized carbons (Fsp3) is 0.862. The van der Waals surface area contributed by atoms with E-state index in [1.165, 1.54) is 20.8 Å². The summed E-state index contributed by atoms with van der Waals surface area (Å²) < 4.78 is 39.1. The van der Waals surface area contributed by atoms with E-state index in [4.69, 9.17) is 33.2 Å². The first-order valence-corrected chi connectivity index (χ1v) is 35.2. The van der Waals surface area contributed by atoms with E-state index in [1.807, 2.05) is 0 Å². The van der Waals surface area contributed by atoms with Gasteiger partial charge in [-0.3, -0.25) is 43.2 Å². The predicted molar refractivity (Wildman–Crippen MR) is 354 cm³/mol. The summed E-state index contributed by atoms with van der Waals surface area (Å²) >= 11 is 0. The maximum absolute atomic E-state index is 13.8. The minimum absolute atomic E-state index is 0.0257. The van der Waals surface area contributed by atoms with Crippen molar-refractivity contribution in [3.05, 3.63) is 0 Å². The summed E-state index contributed by atoms with van der Waals surface area (Å²) in [7, 11) is 1.55. The van der Waals surface area contributed by atoms with Gasteiger partial charge in [-0.15, -0.1) is 0 Å².